The molecule has 0 bridgehead atoms. The molecule has 10 nitrogen and oxygen atoms in total. The van der Waals surface area contributed by atoms with Crippen LogP contribution in [0.25, 0.3) is 0 Å². The van der Waals surface area contributed by atoms with Gasteiger partial charge in [0.05, 0.1) is 31.0 Å². The Hall–Kier alpha value is -2.22. The zero-order chi connectivity index (χ0) is 31.2. The van der Waals surface area contributed by atoms with Gasteiger partial charge in [0.1, 0.15) is 0 Å². The van der Waals surface area contributed by atoms with Crippen LogP contribution in [-0.2, 0) is 20.0 Å². The molecule has 0 atom stereocenters. The molecule has 0 aliphatic carbocycles. The molecule has 0 unspecified atom stereocenters. The zero-order valence-electron chi connectivity index (χ0n) is 24.1. The second kappa shape index (κ2) is 14.3. The number of nitrogens with zero attached hydrogens (tertiary/aromatic N) is 2. The van der Waals surface area contributed by atoms with Gasteiger partial charge in [-0.2, -0.15) is 8.61 Å². The highest BCUT2D eigenvalue weighted by Crippen LogP contribution is 2.25. The molecule has 0 heterocycles. The molecule has 0 aliphatic heterocycles. The van der Waals surface area contributed by atoms with Crippen LogP contribution in [0.3, 0.4) is 0 Å². The molecular formula is C27H38Cl2N4O6S2. The Labute approximate surface area is 253 Å². The molecule has 0 fully saturated rings. The Morgan fingerprint density at radius 1 is 0.683 bits per heavy atom. The summed E-state index contributed by atoms with van der Waals surface area (Å²) in [7, 11) is -7.58. The summed E-state index contributed by atoms with van der Waals surface area (Å²) in [6.45, 7) is 11.9. The molecule has 228 valence electrons. The number of carbonyl (C=O) groups is 2. The summed E-state index contributed by atoms with van der Waals surface area (Å²) in [6.07, 6.45) is 0. The summed E-state index contributed by atoms with van der Waals surface area (Å²) >= 11 is 12.4. The average Bonchev–Trinajstić information content (AvgIpc) is 2.91. The summed E-state index contributed by atoms with van der Waals surface area (Å²) in [6, 6.07) is 7.97. The van der Waals surface area contributed by atoms with Gasteiger partial charge in [-0.1, -0.05) is 64.7 Å². The predicted molar refractivity (Wildman–Crippen MR) is 162 cm³/mol. The minimum absolute atomic E-state index is 0.0118. The predicted octanol–water partition coefficient (Wildman–Crippen LogP) is 4.24. The molecule has 2 rings (SSSR count). The molecule has 0 aromatic heterocycles. The largest absolute Gasteiger partial charge is 0.351 e. The third-order valence-corrected chi connectivity index (χ3v) is 11.3. The number of hydrogen-bond donors (Lipinski definition) is 2. The lowest BCUT2D eigenvalue weighted by atomic mass is 9.93. The van der Waals surface area contributed by atoms with Crippen molar-refractivity contribution in [3.05, 3.63) is 57.6 Å². The van der Waals surface area contributed by atoms with Crippen LogP contribution >= 0.6 is 23.2 Å². The number of rotatable bonds is 14. The molecule has 2 aromatic carbocycles. The lowest BCUT2D eigenvalue weighted by Crippen LogP contribution is -2.42. The number of carbonyl (C=O) groups excluding carboxylic acids is 2. The summed E-state index contributed by atoms with van der Waals surface area (Å²) in [4.78, 5) is 25.9. The van der Waals surface area contributed by atoms with Gasteiger partial charge in [0.15, 0.2) is 0 Å². The highest BCUT2D eigenvalue weighted by Gasteiger charge is 2.27. The van der Waals surface area contributed by atoms with E-state index in [-0.39, 0.29) is 70.2 Å². The van der Waals surface area contributed by atoms with E-state index in [0.717, 1.165) is 0 Å². The van der Waals surface area contributed by atoms with Gasteiger partial charge >= 0.3 is 0 Å². The second-order valence-corrected chi connectivity index (χ2v) is 14.7. The molecule has 14 heteroatoms. The molecule has 0 radical (unpaired) electrons. The van der Waals surface area contributed by atoms with Crippen molar-refractivity contribution in [1.29, 1.82) is 0 Å². The third kappa shape index (κ3) is 8.42. The van der Waals surface area contributed by atoms with E-state index in [1.807, 2.05) is 0 Å². The fraction of sp³-hybridized carbons (Fsp3) is 0.481. The van der Waals surface area contributed by atoms with Gasteiger partial charge in [0.2, 0.25) is 20.0 Å². The van der Waals surface area contributed by atoms with Crippen molar-refractivity contribution in [3.8, 4) is 0 Å². The Bertz CT molecular complexity index is 1360. The number of sulfonamides is 2. The molecule has 2 N–H and O–H groups in total. The molecule has 2 amide bonds. The molecule has 0 aliphatic rings. The number of nitrogens with one attached hydrogen (secondary N) is 2. The number of hydrogen-bond acceptors (Lipinski definition) is 6. The quantitative estimate of drug-likeness (QED) is 0.315. The second-order valence-electron chi connectivity index (χ2n) is 9.99. The van der Waals surface area contributed by atoms with Gasteiger partial charge in [-0.05, 0) is 41.8 Å². The van der Waals surface area contributed by atoms with Crippen molar-refractivity contribution in [3.63, 3.8) is 0 Å². The maximum Gasteiger partial charge on any atom is 0.252 e. The van der Waals surface area contributed by atoms with Crippen LogP contribution in [0, 0.1) is 5.41 Å². The first-order chi connectivity index (χ1) is 19.0. The van der Waals surface area contributed by atoms with Gasteiger partial charge in [0.25, 0.3) is 11.8 Å². The van der Waals surface area contributed by atoms with Crippen LogP contribution in [0.2, 0.25) is 10.0 Å². The smallest absolute Gasteiger partial charge is 0.252 e. The van der Waals surface area contributed by atoms with E-state index < -0.39 is 37.3 Å². The van der Waals surface area contributed by atoms with Gasteiger partial charge in [-0.3, -0.25) is 9.59 Å². The lowest BCUT2D eigenvalue weighted by Gasteiger charge is -2.26. The molecule has 0 spiro atoms. The SMILES string of the molecule is CCN(CC)S(=O)(=O)c1ccc(Cl)c(C(=O)NCC(C)(C)CNC(=O)c2cc(S(=O)(=O)N(CC)CC)ccc2Cl)c1. The molecular weight excluding hydrogens is 611 g/mol. The van der Waals surface area contributed by atoms with Crippen molar-refractivity contribution < 1.29 is 26.4 Å². The van der Waals surface area contributed by atoms with Gasteiger partial charge in [-0.25, -0.2) is 16.8 Å². The lowest BCUT2D eigenvalue weighted by molar-refractivity contribution is 0.0920. The normalized spacial score (nSPS) is 12.5. The van der Waals surface area contributed by atoms with Crippen molar-refractivity contribution in [2.75, 3.05) is 39.3 Å². The standard InChI is InChI=1S/C27H38Cl2N4O6S2/c1-7-32(8-2)40(36,37)19-11-13-23(28)21(15-19)25(34)30-17-27(5,6)18-31-26(35)22-16-20(12-14-24(22)29)41(38,39)33(9-3)10-4/h11-16H,7-10,17-18H2,1-6H3,(H,30,34)(H,31,35). The van der Waals surface area contributed by atoms with Crippen LogP contribution < -0.4 is 10.6 Å². The monoisotopic (exact) mass is 648 g/mol. The average molecular weight is 650 g/mol. The fourth-order valence-corrected chi connectivity index (χ4v) is 7.37. The van der Waals surface area contributed by atoms with E-state index in [4.69, 9.17) is 23.2 Å². The number of benzene rings is 2. The van der Waals surface area contributed by atoms with Crippen molar-refractivity contribution in [2.45, 2.75) is 51.3 Å². The highest BCUT2D eigenvalue weighted by atomic mass is 35.5. The Morgan fingerprint density at radius 3 is 1.29 bits per heavy atom. The first-order valence-corrected chi connectivity index (χ1v) is 16.8. The molecule has 0 saturated heterocycles. The number of amides is 2. The molecule has 2 aromatic rings. The Kier molecular flexibility index (Phi) is 12.2. The van der Waals surface area contributed by atoms with Crippen LogP contribution in [0.15, 0.2) is 46.2 Å². The molecule has 0 saturated carbocycles. The van der Waals surface area contributed by atoms with E-state index in [9.17, 15) is 26.4 Å². The third-order valence-electron chi connectivity index (χ3n) is 6.51. The van der Waals surface area contributed by atoms with E-state index in [2.05, 4.69) is 10.6 Å². The first-order valence-electron chi connectivity index (χ1n) is 13.2. The van der Waals surface area contributed by atoms with E-state index in [1.54, 1.807) is 41.5 Å². The number of halogens is 2. The summed E-state index contributed by atoms with van der Waals surface area (Å²) in [5, 5.41) is 5.70. The minimum atomic E-state index is -3.79. The van der Waals surface area contributed by atoms with Crippen molar-refractivity contribution in [2.24, 2.45) is 5.41 Å². The highest BCUT2D eigenvalue weighted by molar-refractivity contribution is 7.89. The van der Waals surface area contributed by atoms with Crippen LogP contribution in [0.5, 0.6) is 0 Å². The van der Waals surface area contributed by atoms with Crippen LogP contribution in [0.1, 0.15) is 62.3 Å². The maximum atomic E-state index is 13.0. The van der Waals surface area contributed by atoms with Gasteiger partial charge < -0.3 is 10.6 Å². The van der Waals surface area contributed by atoms with Gasteiger partial charge in [-0.15, -0.1) is 0 Å². The van der Waals surface area contributed by atoms with E-state index in [1.165, 1.54) is 45.0 Å². The summed E-state index contributed by atoms with van der Waals surface area (Å²) in [5.74, 6) is -1.13. The minimum Gasteiger partial charge on any atom is -0.351 e. The van der Waals surface area contributed by atoms with E-state index >= 15 is 0 Å². The Morgan fingerprint density at radius 2 is 1.00 bits per heavy atom. The van der Waals surface area contributed by atoms with Gasteiger partial charge in [0, 0.05) is 39.3 Å². The van der Waals surface area contributed by atoms with Crippen molar-refractivity contribution >= 4 is 55.1 Å². The summed E-state index contributed by atoms with van der Waals surface area (Å²) in [5.41, 5.74) is -0.629. The van der Waals surface area contributed by atoms with Crippen LogP contribution in [0.4, 0.5) is 0 Å². The van der Waals surface area contributed by atoms with Crippen LogP contribution in [-0.4, -0.2) is 76.5 Å². The molecule has 41 heavy (non-hydrogen) atoms. The summed E-state index contributed by atoms with van der Waals surface area (Å²) < 4.78 is 54.1. The topological polar surface area (TPSA) is 133 Å². The van der Waals surface area contributed by atoms with E-state index in [0.29, 0.717) is 0 Å². The fourth-order valence-electron chi connectivity index (χ4n) is 3.99. The maximum absolute atomic E-state index is 13.0. The first kappa shape index (κ1) is 35.0. The zero-order valence-corrected chi connectivity index (χ0v) is 27.3. The van der Waals surface area contributed by atoms with Crippen molar-refractivity contribution in [1.82, 2.24) is 19.2 Å². The Balaban J connectivity index is 2.14.